The maximum atomic E-state index is 12.5. The lowest BCUT2D eigenvalue weighted by Gasteiger charge is -2.34. The molecule has 2 heterocycles. The maximum absolute atomic E-state index is 12.5. The molecule has 0 amide bonds. The first kappa shape index (κ1) is 8.63. The van der Waals surface area contributed by atoms with Crippen LogP contribution >= 0.6 is 0 Å². The van der Waals surface area contributed by atoms with Gasteiger partial charge in [0, 0.05) is 32.0 Å². The molecule has 1 aliphatic heterocycles. The number of halogens is 1. The van der Waals surface area contributed by atoms with Gasteiger partial charge in [0.05, 0.1) is 0 Å². The molecule has 0 atom stereocenters. The number of aromatic nitrogens is 1. The van der Waals surface area contributed by atoms with Gasteiger partial charge in [0.25, 0.3) is 0 Å². The summed E-state index contributed by atoms with van der Waals surface area (Å²) in [4.78, 5) is 6.15. The largest absolute Gasteiger partial charge is 0.293 e. The fraction of sp³-hybridized carbons (Fsp3) is 0.500. The highest BCUT2D eigenvalue weighted by Gasteiger charge is 2.25. The van der Waals surface area contributed by atoms with Crippen molar-refractivity contribution in [3.05, 3.63) is 29.6 Å². The molecule has 13 heavy (non-hydrogen) atoms. The Morgan fingerprint density at radius 1 is 1.62 bits per heavy atom. The Balaban J connectivity index is 1.98. The molecule has 0 saturated carbocycles. The van der Waals surface area contributed by atoms with Crippen LogP contribution in [0.3, 0.4) is 0 Å². The minimum Gasteiger partial charge on any atom is -0.293 e. The van der Waals surface area contributed by atoms with Gasteiger partial charge in [0.1, 0.15) is 6.17 Å². The molecule has 2 nitrogen and oxygen atoms in total. The fourth-order valence-electron chi connectivity index (χ4n) is 1.54. The smallest absolute Gasteiger partial charge is 0.125 e. The molecule has 1 aromatic heterocycles. The standard InChI is InChI=1S/C10H13FN2/c1-8-2-3-12-4-9(8)5-13-6-10(11)7-13/h2-4,10H,5-7H2,1H3. The molecule has 0 unspecified atom stereocenters. The normalized spacial score (nSPS) is 18.6. The molecule has 0 N–H and O–H groups in total. The van der Waals surface area contributed by atoms with Crippen molar-refractivity contribution in [2.45, 2.75) is 19.6 Å². The van der Waals surface area contributed by atoms with Crippen molar-refractivity contribution >= 4 is 0 Å². The Labute approximate surface area is 77.4 Å². The van der Waals surface area contributed by atoms with E-state index in [0.29, 0.717) is 13.1 Å². The summed E-state index contributed by atoms with van der Waals surface area (Å²) in [6.45, 7) is 4.05. The number of rotatable bonds is 2. The summed E-state index contributed by atoms with van der Waals surface area (Å²) in [5.41, 5.74) is 2.44. The zero-order chi connectivity index (χ0) is 9.26. The molecule has 1 saturated heterocycles. The van der Waals surface area contributed by atoms with E-state index in [1.54, 1.807) is 6.20 Å². The molecule has 3 heteroatoms. The van der Waals surface area contributed by atoms with Gasteiger partial charge >= 0.3 is 0 Å². The molecular formula is C10H13FN2. The van der Waals surface area contributed by atoms with Gasteiger partial charge in [0.2, 0.25) is 0 Å². The van der Waals surface area contributed by atoms with E-state index < -0.39 is 6.17 Å². The van der Waals surface area contributed by atoms with Gasteiger partial charge < -0.3 is 0 Å². The van der Waals surface area contributed by atoms with Crippen LogP contribution < -0.4 is 0 Å². The van der Waals surface area contributed by atoms with Crippen LogP contribution in [-0.4, -0.2) is 29.1 Å². The van der Waals surface area contributed by atoms with Crippen LogP contribution in [0.4, 0.5) is 4.39 Å². The van der Waals surface area contributed by atoms with Gasteiger partial charge in [-0.15, -0.1) is 0 Å². The molecule has 2 rings (SSSR count). The van der Waals surface area contributed by atoms with Gasteiger partial charge in [-0.25, -0.2) is 4.39 Å². The van der Waals surface area contributed by atoms with Crippen LogP contribution in [0.5, 0.6) is 0 Å². The molecule has 0 bridgehead atoms. The summed E-state index contributed by atoms with van der Waals surface area (Å²) in [6.07, 6.45) is 3.03. The summed E-state index contributed by atoms with van der Waals surface area (Å²) < 4.78 is 12.5. The van der Waals surface area contributed by atoms with Gasteiger partial charge in [0.15, 0.2) is 0 Å². The minimum atomic E-state index is -0.614. The number of likely N-dealkylation sites (tertiary alicyclic amines) is 1. The Hall–Kier alpha value is -0.960. The average Bonchev–Trinajstić information content (AvgIpc) is 2.06. The first-order chi connectivity index (χ1) is 6.25. The zero-order valence-electron chi connectivity index (χ0n) is 7.70. The Bertz CT molecular complexity index is 295. The molecule has 1 aliphatic rings. The lowest BCUT2D eigenvalue weighted by Crippen LogP contribution is -2.47. The van der Waals surface area contributed by atoms with E-state index in [1.165, 1.54) is 11.1 Å². The van der Waals surface area contributed by atoms with E-state index in [1.807, 2.05) is 12.3 Å². The van der Waals surface area contributed by atoms with Crippen molar-refractivity contribution in [2.75, 3.05) is 13.1 Å². The SMILES string of the molecule is Cc1ccncc1CN1CC(F)C1. The summed E-state index contributed by atoms with van der Waals surface area (Å²) in [7, 11) is 0. The summed E-state index contributed by atoms with van der Waals surface area (Å²) in [5, 5.41) is 0. The number of alkyl halides is 1. The second-order valence-corrected chi connectivity index (χ2v) is 3.59. The van der Waals surface area contributed by atoms with Crippen LogP contribution in [0.2, 0.25) is 0 Å². The maximum Gasteiger partial charge on any atom is 0.125 e. The zero-order valence-corrected chi connectivity index (χ0v) is 7.70. The molecule has 0 radical (unpaired) electrons. The third-order valence-corrected chi connectivity index (χ3v) is 2.45. The number of nitrogens with zero attached hydrogens (tertiary/aromatic N) is 2. The first-order valence-electron chi connectivity index (χ1n) is 4.51. The van der Waals surface area contributed by atoms with E-state index in [0.717, 1.165) is 6.54 Å². The molecule has 0 aromatic carbocycles. The lowest BCUT2D eigenvalue weighted by atomic mass is 10.1. The van der Waals surface area contributed by atoms with Crippen molar-refractivity contribution in [3.8, 4) is 0 Å². The minimum absolute atomic E-state index is 0.578. The highest BCUT2D eigenvalue weighted by atomic mass is 19.1. The molecule has 1 aromatic rings. The molecule has 1 fully saturated rings. The second-order valence-electron chi connectivity index (χ2n) is 3.59. The second kappa shape index (κ2) is 3.42. The average molecular weight is 180 g/mol. The summed E-state index contributed by atoms with van der Waals surface area (Å²) >= 11 is 0. The Morgan fingerprint density at radius 3 is 3.00 bits per heavy atom. The fourth-order valence-corrected chi connectivity index (χ4v) is 1.54. The summed E-state index contributed by atoms with van der Waals surface area (Å²) in [5.74, 6) is 0. The number of aryl methyl sites for hydroxylation is 1. The van der Waals surface area contributed by atoms with Crippen LogP contribution in [0.1, 0.15) is 11.1 Å². The number of pyridine rings is 1. The topological polar surface area (TPSA) is 16.1 Å². The van der Waals surface area contributed by atoms with Crippen LogP contribution in [0.25, 0.3) is 0 Å². The van der Waals surface area contributed by atoms with E-state index in [9.17, 15) is 4.39 Å². The van der Waals surface area contributed by atoms with Gasteiger partial charge in [-0.3, -0.25) is 9.88 Å². The van der Waals surface area contributed by atoms with E-state index in [2.05, 4.69) is 16.8 Å². The predicted octanol–water partition coefficient (Wildman–Crippen LogP) is 1.54. The van der Waals surface area contributed by atoms with E-state index in [4.69, 9.17) is 0 Å². The predicted molar refractivity (Wildman–Crippen MR) is 49.1 cm³/mol. The lowest BCUT2D eigenvalue weighted by molar-refractivity contribution is 0.0589. The third-order valence-electron chi connectivity index (χ3n) is 2.45. The van der Waals surface area contributed by atoms with Crippen molar-refractivity contribution in [1.29, 1.82) is 0 Å². The Kier molecular flexibility index (Phi) is 2.27. The quantitative estimate of drug-likeness (QED) is 0.686. The monoisotopic (exact) mass is 180 g/mol. The van der Waals surface area contributed by atoms with Crippen LogP contribution in [-0.2, 0) is 6.54 Å². The highest BCUT2D eigenvalue weighted by molar-refractivity contribution is 5.21. The van der Waals surface area contributed by atoms with Gasteiger partial charge in [-0.05, 0) is 24.1 Å². The van der Waals surface area contributed by atoms with Crippen LogP contribution in [0.15, 0.2) is 18.5 Å². The van der Waals surface area contributed by atoms with E-state index >= 15 is 0 Å². The van der Waals surface area contributed by atoms with Crippen molar-refractivity contribution in [2.24, 2.45) is 0 Å². The molecular weight excluding hydrogens is 167 g/mol. The molecule has 0 aliphatic carbocycles. The molecule has 70 valence electrons. The molecule has 0 spiro atoms. The first-order valence-corrected chi connectivity index (χ1v) is 4.51. The third kappa shape index (κ3) is 1.86. The van der Waals surface area contributed by atoms with E-state index in [-0.39, 0.29) is 0 Å². The van der Waals surface area contributed by atoms with Crippen molar-refractivity contribution in [3.63, 3.8) is 0 Å². The highest BCUT2D eigenvalue weighted by Crippen LogP contribution is 2.16. The summed E-state index contributed by atoms with van der Waals surface area (Å²) in [6, 6.07) is 1.99. The van der Waals surface area contributed by atoms with Crippen molar-refractivity contribution in [1.82, 2.24) is 9.88 Å². The van der Waals surface area contributed by atoms with Crippen LogP contribution in [0, 0.1) is 6.92 Å². The van der Waals surface area contributed by atoms with Gasteiger partial charge in [-0.2, -0.15) is 0 Å². The Morgan fingerprint density at radius 2 is 2.38 bits per heavy atom. The number of hydrogen-bond acceptors (Lipinski definition) is 2. The van der Waals surface area contributed by atoms with Gasteiger partial charge in [-0.1, -0.05) is 0 Å². The van der Waals surface area contributed by atoms with Crippen molar-refractivity contribution < 1.29 is 4.39 Å². The number of hydrogen-bond donors (Lipinski definition) is 0.